The van der Waals surface area contributed by atoms with Crippen molar-refractivity contribution in [1.29, 1.82) is 0 Å². The first-order valence-corrected chi connectivity index (χ1v) is 7.65. The van der Waals surface area contributed by atoms with E-state index in [0.717, 1.165) is 30.9 Å². The fourth-order valence-corrected chi connectivity index (χ4v) is 3.15. The molecule has 0 aliphatic heterocycles. The number of aromatic amines is 1. The highest BCUT2D eigenvalue weighted by atomic mass is 35.5. The monoisotopic (exact) mass is 283 g/mol. The number of halogens is 1. The van der Waals surface area contributed by atoms with E-state index in [0.29, 0.717) is 22.0 Å². The van der Waals surface area contributed by atoms with E-state index >= 15 is 0 Å². The topological polar surface area (TPSA) is 40.7 Å². The fraction of sp³-hybridized carbons (Fsp3) is 0.800. The Bertz CT molecular complexity index is 434. The molecule has 4 heteroatoms. The van der Waals surface area contributed by atoms with Crippen molar-refractivity contribution < 1.29 is 0 Å². The van der Waals surface area contributed by atoms with Gasteiger partial charge >= 0.3 is 0 Å². The van der Waals surface area contributed by atoms with Gasteiger partial charge in [0.05, 0.1) is 5.69 Å². The van der Waals surface area contributed by atoms with E-state index in [2.05, 4.69) is 49.9 Å². The zero-order valence-corrected chi connectivity index (χ0v) is 13.5. The molecule has 1 saturated carbocycles. The molecule has 2 N–H and O–H groups in total. The number of hydrogen-bond acceptors (Lipinski definition) is 2. The first-order valence-electron chi connectivity index (χ1n) is 7.27. The van der Waals surface area contributed by atoms with E-state index in [1.165, 1.54) is 6.42 Å². The third-order valence-corrected chi connectivity index (χ3v) is 5.36. The van der Waals surface area contributed by atoms with E-state index in [1.54, 1.807) is 0 Å². The molecule has 0 spiro atoms. The van der Waals surface area contributed by atoms with Crippen LogP contribution in [0.15, 0.2) is 0 Å². The van der Waals surface area contributed by atoms with Gasteiger partial charge in [-0.3, -0.25) is 0 Å². The molecule has 1 aromatic heterocycles. The van der Waals surface area contributed by atoms with Gasteiger partial charge in [0.2, 0.25) is 0 Å². The van der Waals surface area contributed by atoms with Gasteiger partial charge in [0.15, 0.2) is 5.15 Å². The van der Waals surface area contributed by atoms with Crippen molar-refractivity contribution >= 4 is 11.6 Å². The molecule has 2 rings (SSSR count). The van der Waals surface area contributed by atoms with Crippen molar-refractivity contribution in [1.82, 2.24) is 15.3 Å². The number of unbranched alkanes of at least 4 members (excludes halogenated alkanes) is 1. The number of rotatable bonds is 6. The Labute approximate surface area is 121 Å². The Kier molecular flexibility index (Phi) is 3.99. The maximum absolute atomic E-state index is 6.19. The summed E-state index contributed by atoms with van der Waals surface area (Å²) < 4.78 is 0. The van der Waals surface area contributed by atoms with Crippen molar-refractivity contribution in [2.75, 3.05) is 0 Å². The second-order valence-electron chi connectivity index (χ2n) is 6.81. The predicted octanol–water partition coefficient (Wildman–Crippen LogP) is 3.93. The van der Waals surface area contributed by atoms with Gasteiger partial charge < -0.3 is 10.3 Å². The summed E-state index contributed by atoms with van der Waals surface area (Å²) >= 11 is 6.19. The number of aromatic nitrogens is 2. The highest BCUT2D eigenvalue weighted by Gasteiger charge is 2.64. The van der Waals surface area contributed by atoms with Gasteiger partial charge in [-0.05, 0) is 17.3 Å². The summed E-state index contributed by atoms with van der Waals surface area (Å²) in [4.78, 5) is 7.74. The summed E-state index contributed by atoms with van der Waals surface area (Å²) in [6.45, 7) is 12.2. The van der Waals surface area contributed by atoms with Crippen LogP contribution in [0.3, 0.4) is 0 Å². The van der Waals surface area contributed by atoms with E-state index in [-0.39, 0.29) is 0 Å². The maximum atomic E-state index is 6.19. The van der Waals surface area contributed by atoms with Crippen molar-refractivity contribution in [3.63, 3.8) is 0 Å². The van der Waals surface area contributed by atoms with Crippen LogP contribution >= 0.6 is 11.6 Å². The fourth-order valence-electron chi connectivity index (χ4n) is 2.93. The second kappa shape index (κ2) is 5.10. The lowest BCUT2D eigenvalue weighted by molar-refractivity contribution is 0.457. The molecule has 1 fully saturated rings. The van der Waals surface area contributed by atoms with Gasteiger partial charge in [0, 0.05) is 19.0 Å². The summed E-state index contributed by atoms with van der Waals surface area (Å²) in [5.74, 6) is 1.01. The minimum Gasteiger partial charge on any atom is -0.344 e. The van der Waals surface area contributed by atoms with E-state index in [1.807, 2.05) is 0 Å². The Morgan fingerprint density at radius 3 is 2.42 bits per heavy atom. The van der Waals surface area contributed by atoms with Crippen LogP contribution < -0.4 is 5.32 Å². The first kappa shape index (κ1) is 14.9. The lowest BCUT2D eigenvalue weighted by Gasteiger charge is -2.05. The molecule has 0 atom stereocenters. The molecular weight excluding hydrogens is 258 g/mol. The summed E-state index contributed by atoms with van der Waals surface area (Å²) in [7, 11) is 0. The largest absolute Gasteiger partial charge is 0.344 e. The van der Waals surface area contributed by atoms with Gasteiger partial charge in [0.25, 0.3) is 0 Å². The Morgan fingerprint density at radius 2 is 1.89 bits per heavy atom. The van der Waals surface area contributed by atoms with Crippen LogP contribution in [0.25, 0.3) is 0 Å². The summed E-state index contributed by atoms with van der Waals surface area (Å²) in [6, 6.07) is 0.540. The Balaban J connectivity index is 1.92. The molecule has 19 heavy (non-hydrogen) atoms. The number of aryl methyl sites for hydroxylation is 1. The predicted molar refractivity (Wildman–Crippen MR) is 80.4 cm³/mol. The molecule has 0 amide bonds. The number of nitrogens with one attached hydrogen (secondary N) is 2. The molecule has 1 aromatic rings. The molecule has 1 heterocycles. The van der Waals surface area contributed by atoms with Gasteiger partial charge in [-0.15, -0.1) is 0 Å². The number of nitrogens with zero attached hydrogens (tertiary/aromatic N) is 1. The summed E-state index contributed by atoms with van der Waals surface area (Å²) in [5.41, 5.74) is 1.72. The van der Waals surface area contributed by atoms with E-state index < -0.39 is 0 Å². The first-order chi connectivity index (χ1) is 8.80. The van der Waals surface area contributed by atoms with Gasteiger partial charge in [-0.25, -0.2) is 4.98 Å². The SMILES string of the molecule is CCCCc1nc(Cl)c(CNC2C(C)(C)C2(C)C)[nH]1. The van der Waals surface area contributed by atoms with Crippen LogP contribution in [0.2, 0.25) is 5.15 Å². The number of H-pyrrole nitrogens is 1. The molecule has 0 radical (unpaired) electrons. The highest BCUT2D eigenvalue weighted by Crippen LogP contribution is 2.62. The third-order valence-electron chi connectivity index (χ3n) is 5.05. The minimum absolute atomic E-state index is 0.352. The lowest BCUT2D eigenvalue weighted by Crippen LogP contribution is -2.22. The van der Waals surface area contributed by atoms with Gasteiger partial charge in [-0.1, -0.05) is 52.6 Å². The van der Waals surface area contributed by atoms with Crippen LogP contribution in [0, 0.1) is 10.8 Å². The lowest BCUT2D eigenvalue weighted by atomic mass is 10.0. The second-order valence-corrected chi connectivity index (χ2v) is 7.17. The van der Waals surface area contributed by atoms with Crippen molar-refractivity contribution in [3.8, 4) is 0 Å². The molecule has 1 aliphatic carbocycles. The van der Waals surface area contributed by atoms with Crippen molar-refractivity contribution in [2.45, 2.75) is 66.5 Å². The van der Waals surface area contributed by atoms with Crippen molar-refractivity contribution in [2.24, 2.45) is 10.8 Å². The molecule has 0 aromatic carbocycles. The molecule has 108 valence electrons. The Hall–Kier alpha value is -0.540. The molecule has 0 unspecified atom stereocenters. The van der Waals surface area contributed by atoms with Crippen LogP contribution in [0.1, 0.15) is 59.0 Å². The van der Waals surface area contributed by atoms with Crippen molar-refractivity contribution in [3.05, 3.63) is 16.7 Å². The van der Waals surface area contributed by atoms with E-state index in [9.17, 15) is 0 Å². The number of imidazole rings is 1. The third kappa shape index (κ3) is 2.68. The normalized spacial score (nSPS) is 20.7. The maximum Gasteiger partial charge on any atom is 0.151 e. The number of hydrogen-bond donors (Lipinski definition) is 2. The van der Waals surface area contributed by atoms with E-state index in [4.69, 9.17) is 11.6 Å². The molecule has 0 bridgehead atoms. The highest BCUT2D eigenvalue weighted by molar-refractivity contribution is 6.30. The molecular formula is C15H26ClN3. The van der Waals surface area contributed by atoms with Gasteiger partial charge in [0.1, 0.15) is 5.82 Å². The molecule has 1 aliphatic rings. The van der Waals surface area contributed by atoms with Crippen LogP contribution in [-0.2, 0) is 13.0 Å². The smallest absolute Gasteiger partial charge is 0.151 e. The zero-order chi connectivity index (χ0) is 14.3. The average molecular weight is 284 g/mol. The average Bonchev–Trinajstić information content (AvgIpc) is 2.61. The summed E-state index contributed by atoms with van der Waals surface area (Å²) in [5, 5.41) is 4.23. The zero-order valence-electron chi connectivity index (χ0n) is 12.7. The van der Waals surface area contributed by atoms with Crippen LogP contribution in [0.5, 0.6) is 0 Å². The van der Waals surface area contributed by atoms with Crippen LogP contribution in [-0.4, -0.2) is 16.0 Å². The molecule has 0 saturated heterocycles. The standard InChI is InChI=1S/C15H26ClN3/c1-6-7-8-11-18-10(12(16)19-11)9-17-13-14(2,3)15(13,4)5/h13,17H,6-9H2,1-5H3,(H,18,19). The summed E-state index contributed by atoms with van der Waals surface area (Å²) in [6.07, 6.45) is 3.31. The van der Waals surface area contributed by atoms with Gasteiger partial charge in [-0.2, -0.15) is 0 Å². The quantitative estimate of drug-likeness (QED) is 0.830. The molecule has 3 nitrogen and oxygen atoms in total. The van der Waals surface area contributed by atoms with Crippen LogP contribution in [0.4, 0.5) is 0 Å². The Morgan fingerprint density at radius 1 is 1.26 bits per heavy atom. The minimum atomic E-state index is 0.352.